The van der Waals surface area contributed by atoms with Crippen molar-refractivity contribution in [1.82, 2.24) is 15.1 Å². The Morgan fingerprint density at radius 1 is 1.56 bits per heavy atom. The molecule has 0 amide bonds. The van der Waals surface area contributed by atoms with Crippen molar-refractivity contribution in [2.75, 3.05) is 13.3 Å². The van der Waals surface area contributed by atoms with Crippen molar-refractivity contribution >= 4 is 9.84 Å². The van der Waals surface area contributed by atoms with Crippen molar-refractivity contribution < 1.29 is 8.42 Å². The first-order valence-electron chi connectivity index (χ1n) is 5.28. The van der Waals surface area contributed by atoms with E-state index < -0.39 is 15.1 Å². The second kappa shape index (κ2) is 4.97. The molecule has 0 spiro atoms. The topological polar surface area (TPSA) is 64.0 Å². The van der Waals surface area contributed by atoms with E-state index in [4.69, 9.17) is 0 Å². The molecule has 6 heteroatoms. The fourth-order valence-corrected chi connectivity index (χ4v) is 2.42. The summed E-state index contributed by atoms with van der Waals surface area (Å²) in [7, 11) is -1.30. The maximum Gasteiger partial charge on any atom is 0.151 e. The minimum atomic E-state index is -3.06. The Kier molecular flexibility index (Phi) is 4.09. The van der Waals surface area contributed by atoms with Crippen molar-refractivity contribution in [3.05, 3.63) is 18.0 Å². The molecule has 0 bridgehead atoms. The summed E-state index contributed by atoms with van der Waals surface area (Å²) in [5, 5.41) is 6.71. The molecule has 16 heavy (non-hydrogen) atoms. The second-order valence-corrected chi connectivity index (χ2v) is 6.33. The van der Waals surface area contributed by atoms with E-state index in [1.54, 1.807) is 24.9 Å². The maximum atomic E-state index is 11.5. The average molecular weight is 245 g/mol. The Labute approximate surface area is 96.8 Å². The standard InChI is InChI=1S/C10H19N3O2S/c1-5-13-7-9(6-12-13)10(11-3)8(2)16(4,14)15/h6-8,10-11H,5H2,1-4H3. The van der Waals surface area contributed by atoms with Crippen LogP contribution >= 0.6 is 0 Å². The Hall–Kier alpha value is -0.880. The molecular weight excluding hydrogens is 226 g/mol. The molecule has 1 aromatic rings. The van der Waals surface area contributed by atoms with Crippen molar-refractivity contribution in [3.8, 4) is 0 Å². The van der Waals surface area contributed by atoms with Crippen LogP contribution in [-0.2, 0) is 16.4 Å². The fraction of sp³-hybridized carbons (Fsp3) is 0.700. The number of hydrogen-bond acceptors (Lipinski definition) is 4. The van der Waals surface area contributed by atoms with E-state index in [9.17, 15) is 8.42 Å². The number of aryl methyl sites for hydroxylation is 1. The summed E-state index contributed by atoms with van der Waals surface area (Å²) in [6.45, 7) is 4.48. The first-order valence-corrected chi connectivity index (χ1v) is 7.24. The molecule has 0 radical (unpaired) electrons. The van der Waals surface area contributed by atoms with Gasteiger partial charge in [-0.25, -0.2) is 8.42 Å². The van der Waals surface area contributed by atoms with E-state index in [0.717, 1.165) is 12.1 Å². The average Bonchev–Trinajstić information content (AvgIpc) is 2.66. The number of sulfone groups is 1. The predicted molar refractivity (Wildman–Crippen MR) is 64.0 cm³/mol. The largest absolute Gasteiger partial charge is 0.312 e. The van der Waals surface area contributed by atoms with E-state index in [2.05, 4.69) is 10.4 Å². The summed E-state index contributed by atoms with van der Waals surface area (Å²) >= 11 is 0. The van der Waals surface area contributed by atoms with Crippen LogP contribution in [0, 0.1) is 0 Å². The van der Waals surface area contributed by atoms with Crippen LogP contribution in [0.3, 0.4) is 0 Å². The lowest BCUT2D eigenvalue weighted by atomic mass is 10.1. The summed E-state index contributed by atoms with van der Waals surface area (Å²) in [6.07, 6.45) is 4.85. The lowest BCUT2D eigenvalue weighted by molar-refractivity contribution is 0.534. The van der Waals surface area contributed by atoms with Gasteiger partial charge in [0.05, 0.1) is 17.5 Å². The quantitative estimate of drug-likeness (QED) is 0.825. The van der Waals surface area contributed by atoms with Gasteiger partial charge in [-0.05, 0) is 20.9 Å². The van der Waals surface area contributed by atoms with Gasteiger partial charge in [0.1, 0.15) is 0 Å². The summed E-state index contributed by atoms with van der Waals surface area (Å²) in [4.78, 5) is 0. The van der Waals surface area contributed by atoms with Gasteiger partial charge in [0, 0.05) is 24.6 Å². The van der Waals surface area contributed by atoms with Gasteiger partial charge in [0.2, 0.25) is 0 Å². The Morgan fingerprint density at radius 2 is 2.19 bits per heavy atom. The third kappa shape index (κ3) is 2.82. The van der Waals surface area contributed by atoms with Crippen LogP contribution < -0.4 is 5.32 Å². The highest BCUT2D eigenvalue weighted by atomic mass is 32.2. The van der Waals surface area contributed by atoms with Gasteiger partial charge in [-0.2, -0.15) is 5.10 Å². The number of rotatable bonds is 5. The zero-order chi connectivity index (χ0) is 12.3. The lowest BCUT2D eigenvalue weighted by Gasteiger charge is -2.20. The van der Waals surface area contributed by atoms with Crippen LogP contribution in [0.15, 0.2) is 12.4 Å². The third-order valence-corrected chi connectivity index (χ3v) is 4.41. The molecule has 0 saturated heterocycles. The smallest absolute Gasteiger partial charge is 0.151 e. The molecule has 1 rings (SSSR count). The van der Waals surface area contributed by atoms with Crippen molar-refractivity contribution in [2.45, 2.75) is 31.7 Å². The molecule has 0 aliphatic carbocycles. The van der Waals surface area contributed by atoms with E-state index >= 15 is 0 Å². The highest BCUT2D eigenvalue weighted by Gasteiger charge is 2.26. The molecule has 2 atom stereocenters. The second-order valence-electron chi connectivity index (χ2n) is 3.93. The minimum absolute atomic E-state index is 0.213. The van der Waals surface area contributed by atoms with E-state index in [0.29, 0.717) is 0 Å². The van der Waals surface area contributed by atoms with Crippen molar-refractivity contribution in [2.24, 2.45) is 0 Å². The van der Waals surface area contributed by atoms with E-state index in [-0.39, 0.29) is 6.04 Å². The van der Waals surface area contributed by atoms with E-state index in [1.807, 2.05) is 13.1 Å². The maximum absolute atomic E-state index is 11.5. The molecule has 0 aliphatic heterocycles. The molecule has 5 nitrogen and oxygen atoms in total. The molecule has 92 valence electrons. The van der Waals surface area contributed by atoms with Gasteiger partial charge < -0.3 is 5.32 Å². The zero-order valence-corrected chi connectivity index (χ0v) is 11.0. The van der Waals surface area contributed by atoms with Crippen molar-refractivity contribution in [1.29, 1.82) is 0 Å². The summed E-state index contributed by atoms with van der Waals surface area (Å²) < 4.78 is 24.8. The first kappa shape index (κ1) is 13.2. The van der Waals surface area contributed by atoms with Crippen LogP contribution in [0.2, 0.25) is 0 Å². The van der Waals surface area contributed by atoms with Gasteiger partial charge in [-0.3, -0.25) is 4.68 Å². The van der Waals surface area contributed by atoms with Crippen LogP contribution in [0.5, 0.6) is 0 Å². The third-order valence-electron chi connectivity index (χ3n) is 2.79. The SMILES string of the molecule is CCn1cc(C(NC)C(C)S(C)(=O)=O)cn1. The molecule has 2 unspecified atom stereocenters. The Morgan fingerprint density at radius 3 is 2.56 bits per heavy atom. The van der Waals surface area contributed by atoms with Gasteiger partial charge >= 0.3 is 0 Å². The Balaban J connectivity index is 2.98. The van der Waals surface area contributed by atoms with Gasteiger partial charge in [0.15, 0.2) is 9.84 Å². The molecule has 1 heterocycles. The van der Waals surface area contributed by atoms with Crippen LogP contribution in [0.25, 0.3) is 0 Å². The summed E-state index contributed by atoms with van der Waals surface area (Å²) in [5.41, 5.74) is 0.905. The minimum Gasteiger partial charge on any atom is -0.312 e. The zero-order valence-electron chi connectivity index (χ0n) is 10.1. The molecule has 1 aromatic heterocycles. The monoisotopic (exact) mass is 245 g/mol. The van der Waals surface area contributed by atoms with Crippen LogP contribution in [-0.4, -0.2) is 36.8 Å². The van der Waals surface area contributed by atoms with Crippen LogP contribution in [0.1, 0.15) is 25.5 Å². The normalized spacial score (nSPS) is 16.0. The predicted octanol–water partition coefficient (Wildman–Crippen LogP) is 0.597. The molecule has 0 aromatic carbocycles. The summed E-state index contributed by atoms with van der Waals surface area (Å²) in [5.74, 6) is 0. The van der Waals surface area contributed by atoms with Gasteiger partial charge in [0.25, 0.3) is 0 Å². The number of aromatic nitrogens is 2. The van der Waals surface area contributed by atoms with Gasteiger partial charge in [-0.1, -0.05) is 0 Å². The molecule has 0 aliphatic rings. The highest BCUT2D eigenvalue weighted by Crippen LogP contribution is 2.20. The first-order chi connectivity index (χ1) is 7.40. The highest BCUT2D eigenvalue weighted by molar-refractivity contribution is 7.91. The number of nitrogens with one attached hydrogen (secondary N) is 1. The molecule has 0 saturated carbocycles. The Bertz CT molecular complexity index is 439. The van der Waals surface area contributed by atoms with Crippen LogP contribution in [0.4, 0.5) is 0 Å². The van der Waals surface area contributed by atoms with E-state index in [1.165, 1.54) is 6.26 Å². The number of nitrogens with zero attached hydrogens (tertiary/aromatic N) is 2. The lowest BCUT2D eigenvalue weighted by Crippen LogP contribution is -2.32. The van der Waals surface area contributed by atoms with Gasteiger partial charge in [-0.15, -0.1) is 0 Å². The molecular formula is C10H19N3O2S. The summed E-state index contributed by atoms with van der Waals surface area (Å²) in [6, 6.07) is -0.213. The number of hydrogen-bond donors (Lipinski definition) is 1. The fourth-order valence-electron chi connectivity index (χ4n) is 1.63. The molecule has 0 fully saturated rings. The molecule has 1 N–H and O–H groups in total. The van der Waals surface area contributed by atoms with Crippen molar-refractivity contribution in [3.63, 3.8) is 0 Å².